The molecule has 2 aromatic rings. The number of hydrogen-bond donors (Lipinski definition) is 0. The van der Waals surface area contributed by atoms with Crippen molar-refractivity contribution in [1.82, 2.24) is 9.80 Å². The summed E-state index contributed by atoms with van der Waals surface area (Å²) < 4.78 is 0. The molecule has 4 nitrogen and oxygen atoms in total. The molecular weight excluding hydrogens is 372 g/mol. The lowest BCUT2D eigenvalue weighted by atomic mass is 9.90. The lowest BCUT2D eigenvalue weighted by Crippen LogP contribution is -2.44. The van der Waals surface area contributed by atoms with E-state index in [1.807, 2.05) is 18.2 Å². The van der Waals surface area contributed by atoms with Gasteiger partial charge in [0.2, 0.25) is 11.8 Å². The predicted octanol–water partition coefficient (Wildman–Crippen LogP) is 4.09. The summed E-state index contributed by atoms with van der Waals surface area (Å²) in [7, 11) is 0. The summed E-state index contributed by atoms with van der Waals surface area (Å²) in [6.07, 6.45) is 3.57. The molecule has 1 unspecified atom stereocenters. The SMILES string of the molecule is O=C1CC(c2ccc(Cl)cc2)C(=O)N1CN1CCC(Cc2ccccc2)CC1. The molecule has 146 valence electrons. The molecule has 0 aromatic heterocycles. The molecule has 0 N–H and O–H groups in total. The van der Waals surface area contributed by atoms with Gasteiger partial charge in [0.1, 0.15) is 0 Å². The number of benzene rings is 2. The van der Waals surface area contributed by atoms with Crippen molar-refractivity contribution in [1.29, 1.82) is 0 Å². The van der Waals surface area contributed by atoms with Gasteiger partial charge in [0.15, 0.2) is 0 Å². The van der Waals surface area contributed by atoms with Gasteiger partial charge >= 0.3 is 0 Å². The van der Waals surface area contributed by atoms with E-state index in [4.69, 9.17) is 11.6 Å². The van der Waals surface area contributed by atoms with Crippen molar-refractivity contribution in [3.8, 4) is 0 Å². The Morgan fingerprint density at radius 2 is 1.61 bits per heavy atom. The van der Waals surface area contributed by atoms with E-state index in [0.717, 1.165) is 37.9 Å². The van der Waals surface area contributed by atoms with Gasteiger partial charge in [-0.1, -0.05) is 54.1 Å². The van der Waals surface area contributed by atoms with Crippen molar-refractivity contribution < 1.29 is 9.59 Å². The van der Waals surface area contributed by atoms with Crippen LogP contribution in [0.4, 0.5) is 0 Å². The van der Waals surface area contributed by atoms with E-state index in [2.05, 4.69) is 29.2 Å². The number of nitrogens with zero attached hydrogens (tertiary/aromatic N) is 2. The Hall–Kier alpha value is -2.17. The molecule has 0 aliphatic carbocycles. The molecular formula is C23H25ClN2O2. The molecule has 2 fully saturated rings. The van der Waals surface area contributed by atoms with Crippen molar-refractivity contribution in [3.05, 3.63) is 70.7 Å². The molecule has 2 aliphatic heterocycles. The molecule has 2 heterocycles. The highest BCUT2D eigenvalue weighted by Crippen LogP contribution is 2.31. The molecule has 5 heteroatoms. The first kappa shape index (κ1) is 19.2. The van der Waals surface area contributed by atoms with Gasteiger partial charge in [-0.2, -0.15) is 0 Å². The predicted molar refractivity (Wildman–Crippen MR) is 110 cm³/mol. The fraction of sp³-hybridized carbons (Fsp3) is 0.391. The molecule has 0 spiro atoms. The van der Waals surface area contributed by atoms with Crippen molar-refractivity contribution in [2.24, 2.45) is 5.92 Å². The average molecular weight is 397 g/mol. The molecule has 0 bridgehead atoms. The van der Waals surface area contributed by atoms with E-state index in [9.17, 15) is 9.59 Å². The van der Waals surface area contributed by atoms with Crippen LogP contribution in [0.2, 0.25) is 5.02 Å². The molecule has 2 amide bonds. The van der Waals surface area contributed by atoms with E-state index in [0.29, 0.717) is 17.6 Å². The molecule has 2 saturated heterocycles. The van der Waals surface area contributed by atoms with Gasteiger partial charge < -0.3 is 0 Å². The Morgan fingerprint density at radius 1 is 0.929 bits per heavy atom. The van der Waals surface area contributed by atoms with Crippen LogP contribution in [0.15, 0.2) is 54.6 Å². The second-order valence-electron chi connectivity index (χ2n) is 7.86. The van der Waals surface area contributed by atoms with Crippen LogP contribution in [-0.2, 0) is 16.0 Å². The smallest absolute Gasteiger partial charge is 0.238 e. The van der Waals surface area contributed by atoms with Crippen molar-refractivity contribution >= 4 is 23.4 Å². The van der Waals surface area contributed by atoms with Gasteiger partial charge in [-0.15, -0.1) is 0 Å². The topological polar surface area (TPSA) is 40.6 Å². The van der Waals surface area contributed by atoms with Crippen LogP contribution in [0.5, 0.6) is 0 Å². The molecule has 2 aromatic carbocycles. The third-order valence-corrected chi connectivity index (χ3v) is 6.18. The summed E-state index contributed by atoms with van der Waals surface area (Å²) in [6, 6.07) is 17.8. The third-order valence-electron chi connectivity index (χ3n) is 5.93. The summed E-state index contributed by atoms with van der Waals surface area (Å²) in [6.45, 7) is 2.28. The highest BCUT2D eigenvalue weighted by atomic mass is 35.5. The Bertz CT molecular complexity index is 829. The lowest BCUT2D eigenvalue weighted by Gasteiger charge is -2.34. The van der Waals surface area contributed by atoms with Crippen molar-refractivity contribution in [2.75, 3.05) is 19.8 Å². The number of rotatable bonds is 5. The second-order valence-corrected chi connectivity index (χ2v) is 8.30. The fourth-order valence-electron chi connectivity index (χ4n) is 4.27. The minimum atomic E-state index is -0.375. The molecule has 2 aliphatic rings. The van der Waals surface area contributed by atoms with Gasteiger partial charge in [0, 0.05) is 24.5 Å². The van der Waals surface area contributed by atoms with Gasteiger partial charge in [0.05, 0.1) is 12.6 Å². The maximum atomic E-state index is 12.8. The van der Waals surface area contributed by atoms with Gasteiger partial charge in [0.25, 0.3) is 0 Å². The van der Waals surface area contributed by atoms with E-state index in [1.54, 1.807) is 12.1 Å². The van der Waals surface area contributed by atoms with E-state index < -0.39 is 0 Å². The maximum Gasteiger partial charge on any atom is 0.238 e. The molecule has 1 atom stereocenters. The van der Waals surface area contributed by atoms with Crippen LogP contribution >= 0.6 is 11.6 Å². The second kappa shape index (κ2) is 8.46. The zero-order chi connectivity index (χ0) is 19.5. The molecule has 0 saturated carbocycles. The highest BCUT2D eigenvalue weighted by molar-refractivity contribution is 6.30. The number of carbonyl (C=O) groups excluding carboxylic acids is 2. The molecule has 4 rings (SSSR count). The highest BCUT2D eigenvalue weighted by Gasteiger charge is 2.40. The first-order chi connectivity index (χ1) is 13.6. The fourth-order valence-corrected chi connectivity index (χ4v) is 4.39. The molecule has 0 radical (unpaired) electrons. The normalized spacial score (nSPS) is 21.5. The maximum absolute atomic E-state index is 12.8. The largest absolute Gasteiger partial charge is 0.286 e. The first-order valence-corrected chi connectivity index (χ1v) is 10.3. The van der Waals surface area contributed by atoms with E-state index in [-0.39, 0.29) is 24.2 Å². The van der Waals surface area contributed by atoms with Gasteiger partial charge in [-0.3, -0.25) is 19.4 Å². The number of carbonyl (C=O) groups is 2. The first-order valence-electron chi connectivity index (χ1n) is 9.96. The van der Waals surface area contributed by atoms with Crippen LogP contribution < -0.4 is 0 Å². The lowest BCUT2D eigenvalue weighted by molar-refractivity contribution is -0.141. The number of imide groups is 1. The Balaban J connectivity index is 1.31. The van der Waals surface area contributed by atoms with Crippen molar-refractivity contribution in [2.45, 2.75) is 31.6 Å². The summed E-state index contributed by atoms with van der Waals surface area (Å²) in [5.74, 6) is 0.140. The van der Waals surface area contributed by atoms with Crippen LogP contribution in [0.1, 0.15) is 36.3 Å². The summed E-state index contributed by atoms with van der Waals surface area (Å²) in [5.41, 5.74) is 2.25. The van der Waals surface area contributed by atoms with Gasteiger partial charge in [-0.05, 0) is 48.4 Å². The summed E-state index contributed by atoms with van der Waals surface area (Å²) in [4.78, 5) is 29.0. The summed E-state index contributed by atoms with van der Waals surface area (Å²) in [5, 5.41) is 0.635. The third kappa shape index (κ3) is 4.29. The van der Waals surface area contributed by atoms with Gasteiger partial charge in [-0.25, -0.2) is 0 Å². The Morgan fingerprint density at radius 3 is 2.29 bits per heavy atom. The number of likely N-dealkylation sites (tertiary alicyclic amines) is 2. The van der Waals surface area contributed by atoms with E-state index in [1.165, 1.54) is 10.5 Å². The van der Waals surface area contributed by atoms with Crippen LogP contribution in [0, 0.1) is 5.92 Å². The van der Waals surface area contributed by atoms with Crippen LogP contribution in [0.3, 0.4) is 0 Å². The minimum Gasteiger partial charge on any atom is -0.286 e. The number of halogens is 1. The monoisotopic (exact) mass is 396 g/mol. The standard InChI is InChI=1S/C23H25ClN2O2/c24-20-8-6-19(7-9-20)21-15-22(27)26(23(21)28)16-25-12-10-18(11-13-25)14-17-4-2-1-3-5-17/h1-9,18,21H,10-16H2. The Kier molecular flexibility index (Phi) is 5.79. The zero-order valence-corrected chi connectivity index (χ0v) is 16.6. The molecule has 28 heavy (non-hydrogen) atoms. The Labute approximate surface area is 171 Å². The van der Waals surface area contributed by atoms with Crippen LogP contribution in [0.25, 0.3) is 0 Å². The number of hydrogen-bond acceptors (Lipinski definition) is 3. The van der Waals surface area contributed by atoms with Crippen LogP contribution in [-0.4, -0.2) is 41.4 Å². The summed E-state index contributed by atoms with van der Waals surface area (Å²) >= 11 is 5.93. The minimum absolute atomic E-state index is 0.0728. The number of amides is 2. The zero-order valence-electron chi connectivity index (χ0n) is 15.9. The van der Waals surface area contributed by atoms with Crippen molar-refractivity contribution in [3.63, 3.8) is 0 Å². The average Bonchev–Trinajstić information content (AvgIpc) is 2.99. The quantitative estimate of drug-likeness (QED) is 0.714. The van der Waals surface area contributed by atoms with E-state index >= 15 is 0 Å². The number of piperidine rings is 1.